The largest absolute Gasteiger partial charge is 0.484 e. The lowest BCUT2D eigenvalue weighted by Gasteiger charge is -2.20. The molecule has 0 saturated carbocycles. The predicted molar refractivity (Wildman–Crippen MR) is 94.2 cm³/mol. The second kappa shape index (κ2) is 8.83. The van der Waals surface area contributed by atoms with Crippen LogP contribution in [-0.4, -0.2) is 41.4 Å². The highest BCUT2D eigenvalue weighted by atomic mass is 32.1. The van der Waals surface area contributed by atoms with Crippen LogP contribution in [-0.2, 0) is 9.59 Å². The highest BCUT2D eigenvalue weighted by molar-refractivity contribution is 7.13. The van der Waals surface area contributed by atoms with E-state index in [0.717, 1.165) is 5.69 Å². The Balaban J connectivity index is 1.88. The van der Waals surface area contributed by atoms with Gasteiger partial charge >= 0.3 is 0 Å². The smallest absolute Gasteiger partial charge is 0.261 e. The maximum atomic E-state index is 12.3. The number of carbonyl (C=O) groups is 2. The van der Waals surface area contributed by atoms with Crippen molar-refractivity contribution in [2.45, 2.75) is 6.92 Å². The molecule has 0 unspecified atom stereocenters. The van der Waals surface area contributed by atoms with Crippen molar-refractivity contribution in [3.63, 3.8) is 0 Å². The number of amides is 2. The monoisotopic (exact) mass is 345 g/mol. The van der Waals surface area contributed by atoms with Gasteiger partial charge in [-0.05, 0) is 19.1 Å². The Bertz CT molecular complexity index is 700. The summed E-state index contributed by atoms with van der Waals surface area (Å²) >= 11 is 1.34. The third-order valence-electron chi connectivity index (χ3n) is 3.01. The number of carbonyl (C=O) groups excluding carboxylic acids is 2. The van der Waals surface area contributed by atoms with Gasteiger partial charge in [0.25, 0.3) is 5.91 Å². The summed E-state index contributed by atoms with van der Waals surface area (Å²) in [6.07, 6.45) is 1.57. The molecule has 0 fully saturated rings. The fourth-order valence-electron chi connectivity index (χ4n) is 1.91. The summed E-state index contributed by atoms with van der Waals surface area (Å²) in [7, 11) is 0. The third kappa shape index (κ3) is 5.51. The van der Waals surface area contributed by atoms with E-state index in [0.29, 0.717) is 10.9 Å². The SMILES string of the molecule is C=CCN(CC(=O)Nc1nc(C)cs1)C(=O)COc1ccccc1. The van der Waals surface area contributed by atoms with E-state index in [9.17, 15) is 9.59 Å². The van der Waals surface area contributed by atoms with E-state index in [-0.39, 0.29) is 31.5 Å². The van der Waals surface area contributed by atoms with Crippen molar-refractivity contribution in [1.82, 2.24) is 9.88 Å². The number of aryl methyl sites for hydroxylation is 1. The zero-order chi connectivity index (χ0) is 17.4. The van der Waals surface area contributed by atoms with E-state index in [1.165, 1.54) is 16.2 Å². The zero-order valence-electron chi connectivity index (χ0n) is 13.4. The summed E-state index contributed by atoms with van der Waals surface area (Å²) in [6, 6.07) is 9.05. The first kappa shape index (κ1) is 17.7. The number of para-hydroxylation sites is 1. The average Bonchev–Trinajstić information content (AvgIpc) is 2.98. The number of nitrogens with zero attached hydrogens (tertiary/aromatic N) is 2. The Morgan fingerprint density at radius 3 is 2.75 bits per heavy atom. The van der Waals surface area contributed by atoms with Crippen molar-refractivity contribution in [3.8, 4) is 5.75 Å². The van der Waals surface area contributed by atoms with Crippen molar-refractivity contribution in [1.29, 1.82) is 0 Å². The van der Waals surface area contributed by atoms with Crippen LogP contribution >= 0.6 is 11.3 Å². The first-order valence-electron chi connectivity index (χ1n) is 7.37. The summed E-state index contributed by atoms with van der Waals surface area (Å²) in [5.74, 6) is 0.00981. The van der Waals surface area contributed by atoms with Gasteiger partial charge in [0.15, 0.2) is 11.7 Å². The van der Waals surface area contributed by atoms with Crippen LogP contribution in [0.1, 0.15) is 5.69 Å². The molecule has 6 nitrogen and oxygen atoms in total. The fraction of sp³-hybridized carbons (Fsp3) is 0.235. The summed E-state index contributed by atoms with van der Waals surface area (Å²) in [4.78, 5) is 29.9. The molecule has 0 bridgehead atoms. The molecule has 0 aliphatic rings. The number of thiazole rings is 1. The minimum atomic E-state index is -0.306. The lowest BCUT2D eigenvalue weighted by Crippen LogP contribution is -2.40. The molecular weight excluding hydrogens is 326 g/mol. The maximum absolute atomic E-state index is 12.3. The molecule has 0 spiro atoms. The van der Waals surface area contributed by atoms with Crippen molar-refractivity contribution >= 4 is 28.3 Å². The normalized spacial score (nSPS) is 10.0. The topological polar surface area (TPSA) is 71.5 Å². The van der Waals surface area contributed by atoms with E-state index < -0.39 is 0 Å². The lowest BCUT2D eigenvalue weighted by molar-refractivity contribution is -0.135. The van der Waals surface area contributed by atoms with Crippen LogP contribution in [0.4, 0.5) is 5.13 Å². The molecule has 1 heterocycles. The number of ether oxygens (including phenoxy) is 1. The average molecular weight is 345 g/mol. The summed E-state index contributed by atoms with van der Waals surface area (Å²) in [6.45, 7) is 5.51. The van der Waals surface area contributed by atoms with Gasteiger partial charge in [0.1, 0.15) is 12.3 Å². The molecule has 1 aromatic carbocycles. The zero-order valence-corrected chi connectivity index (χ0v) is 14.2. The number of nitrogens with one attached hydrogen (secondary N) is 1. The van der Waals surface area contributed by atoms with E-state index >= 15 is 0 Å². The molecule has 7 heteroatoms. The summed E-state index contributed by atoms with van der Waals surface area (Å²) < 4.78 is 5.43. The standard InChI is InChI=1S/C17H19N3O3S/c1-3-9-20(10-15(21)19-17-18-13(2)12-24-17)16(22)11-23-14-7-5-4-6-8-14/h3-8,12H,1,9-11H2,2H3,(H,18,19,21). The highest BCUT2D eigenvalue weighted by Crippen LogP contribution is 2.14. The minimum Gasteiger partial charge on any atom is -0.484 e. The van der Waals surface area contributed by atoms with Crippen LogP contribution < -0.4 is 10.1 Å². The second-order valence-corrected chi connectivity index (χ2v) is 5.86. The van der Waals surface area contributed by atoms with Gasteiger partial charge < -0.3 is 15.0 Å². The minimum absolute atomic E-state index is 0.0817. The Kier molecular flexibility index (Phi) is 6.51. The van der Waals surface area contributed by atoms with Crippen molar-refractivity contribution in [2.75, 3.05) is 25.0 Å². The van der Waals surface area contributed by atoms with Crippen LogP contribution in [0.5, 0.6) is 5.75 Å². The second-order valence-electron chi connectivity index (χ2n) is 5.01. The van der Waals surface area contributed by atoms with Crippen molar-refractivity contribution in [3.05, 3.63) is 54.1 Å². The predicted octanol–water partition coefficient (Wildman–Crippen LogP) is 2.48. The molecular formula is C17H19N3O3S. The molecule has 1 N–H and O–H groups in total. The molecule has 24 heavy (non-hydrogen) atoms. The number of anilines is 1. The Labute approximate surface area is 144 Å². The number of rotatable bonds is 8. The summed E-state index contributed by atoms with van der Waals surface area (Å²) in [5.41, 5.74) is 0.839. The van der Waals surface area contributed by atoms with Gasteiger partial charge in [-0.2, -0.15) is 0 Å². The maximum Gasteiger partial charge on any atom is 0.261 e. The van der Waals surface area contributed by atoms with Gasteiger partial charge in [0, 0.05) is 11.9 Å². The molecule has 2 amide bonds. The van der Waals surface area contributed by atoms with Gasteiger partial charge in [0.2, 0.25) is 5.91 Å². The lowest BCUT2D eigenvalue weighted by atomic mass is 10.3. The summed E-state index contributed by atoms with van der Waals surface area (Å²) in [5, 5.41) is 5.04. The van der Waals surface area contributed by atoms with Crippen LogP contribution in [0.2, 0.25) is 0 Å². The van der Waals surface area contributed by atoms with Crippen LogP contribution in [0.3, 0.4) is 0 Å². The molecule has 1 aromatic heterocycles. The first-order valence-corrected chi connectivity index (χ1v) is 8.25. The number of aromatic nitrogens is 1. The van der Waals surface area contributed by atoms with Crippen LogP contribution in [0.25, 0.3) is 0 Å². The Hall–Kier alpha value is -2.67. The third-order valence-corrected chi connectivity index (χ3v) is 3.88. The number of hydrogen-bond donors (Lipinski definition) is 1. The molecule has 0 aliphatic carbocycles. The van der Waals surface area contributed by atoms with Gasteiger partial charge in [-0.3, -0.25) is 9.59 Å². The van der Waals surface area contributed by atoms with E-state index in [4.69, 9.17) is 4.74 Å². The number of hydrogen-bond acceptors (Lipinski definition) is 5. The van der Waals surface area contributed by atoms with Crippen molar-refractivity contribution < 1.29 is 14.3 Å². The molecule has 0 radical (unpaired) electrons. The van der Waals surface area contributed by atoms with Gasteiger partial charge in [-0.25, -0.2) is 4.98 Å². The van der Waals surface area contributed by atoms with E-state index in [1.807, 2.05) is 30.5 Å². The van der Waals surface area contributed by atoms with Gasteiger partial charge in [0.05, 0.1) is 5.69 Å². The molecule has 0 saturated heterocycles. The molecule has 126 valence electrons. The van der Waals surface area contributed by atoms with E-state index in [1.54, 1.807) is 18.2 Å². The highest BCUT2D eigenvalue weighted by Gasteiger charge is 2.17. The Morgan fingerprint density at radius 2 is 2.12 bits per heavy atom. The first-order chi connectivity index (χ1) is 11.6. The van der Waals surface area contributed by atoms with Crippen LogP contribution in [0, 0.1) is 6.92 Å². The van der Waals surface area contributed by atoms with E-state index in [2.05, 4.69) is 16.9 Å². The molecule has 0 atom stereocenters. The fourth-order valence-corrected chi connectivity index (χ4v) is 2.61. The van der Waals surface area contributed by atoms with Crippen LogP contribution in [0.15, 0.2) is 48.4 Å². The molecule has 2 aromatic rings. The number of benzene rings is 1. The van der Waals surface area contributed by atoms with Crippen molar-refractivity contribution in [2.24, 2.45) is 0 Å². The Morgan fingerprint density at radius 1 is 1.38 bits per heavy atom. The quantitative estimate of drug-likeness (QED) is 0.746. The molecule has 0 aliphatic heterocycles. The van der Waals surface area contributed by atoms with Gasteiger partial charge in [-0.1, -0.05) is 24.3 Å². The molecule has 2 rings (SSSR count). The van der Waals surface area contributed by atoms with Gasteiger partial charge in [-0.15, -0.1) is 17.9 Å².